The summed E-state index contributed by atoms with van der Waals surface area (Å²) in [5, 5.41) is 14.9. The maximum Gasteiger partial charge on any atom is 0.234 e. The predicted molar refractivity (Wildman–Crippen MR) is 51.9 cm³/mol. The van der Waals surface area contributed by atoms with Crippen LogP contribution >= 0.6 is 0 Å². The number of ether oxygens (including phenoxy) is 1. The molecular formula is C9H18N2O3. The lowest BCUT2D eigenvalue weighted by Gasteiger charge is -2.32. The first-order valence-electron chi connectivity index (χ1n) is 4.87. The molecule has 3 atom stereocenters. The Bertz CT molecular complexity index is 198. The molecule has 1 aliphatic rings. The van der Waals surface area contributed by atoms with Gasteiger partial charge in [-0.3, -0.25) is 4.79 Å². The second-order valence-corrected chi connectivity index (χ2v) is 3.63. The quantitative estimate of drug-likeness (QED) is 0.541. The van der Waals surface area contributed by atoms with Crippen LogP contribution in [0.4, 0.5) is 0 Å². The van der Waals surface area contributed by atoms with Gasteiger partial charge in [0.05, 0.1) is 31.4 Å². The van der Waals surface area contributed by atoms with Gasteiger partial charge in [0.1, 0.15) is 0 Å². The molecule has 3 N–H and O–H groups in total. The zero-order chi connectivity index (χ0) is 10.6. The minimum atomic E-state index is -0.467. The largest absolute Gasteiger partial charge is 0.391 e. The van der Waals surface area contributed by atoms with E-state index in [-0.39, 0.29) is 18.1 Å². The van der Waals surface area contributed by atoms with Crippen LogP contribution in [0.3, 0.4) is 0 Å². The third-order valence-corrected chi connectivity index (χ3v) is 2.33. The van der Waals surface area contributed by atoms with Gasteiger partial charge in [0, 0.05) is 0 Å². The van der Waals surface area contributed by atoms with Crippen LogP contribution in [0, 0.1) is 0 Å². The summed E-state index contributed by atoms with van der Waals surface area (Å²) < 4.78 is 5.30. The molecule has 0 aliphatic carbocycles. The number of amides is 1. The molecule has 5 heteroatoms. The highest BCUT2D eigenvalue weighted by Gasteiger charge is 2.28. The highest BCUT2D eigenvalue weighted by atomic mass is 16.5. The molecule has 0 spiro atoms. The first-order chi connectivity index (χ1) is 6.63. The number of aliphatic hydroxyl groups excluding tert-OH is 1. The minimum absolute atomic E-state index is 0.0285. The van der Waals surface area contributed by atoms with Crippen LogP contribution in [0.15, 0.2) is 0 Å². The third-order valence-electron chi connectivity index (χ3n) is 2.33. The number of likely N-dealkylation sites (N-methyl/N-ethyl adjacent to an activating group) is 1. The summed E-state index contributed by atoms with van der Waals surface area (Å²) in [5.41, 5.74) is 0. The van der Waals surface area contributed by atoms with Gasteiger partial charge in [-0.05, 0) is 20.4 Å². The maximum absolute atomic E-state index is 11.3. The van der Waals surface area contributed by atoms with Gasteiger partial charge < -0.3 is 20.5 Å². The monoisotopic (exact) mass is 202 g/mol. The summed E-state index contributed by atoms with van der Waals surface area (Å²) in [6, 6.07) is -0.0837. The number of hydrogen-bond donors (Lipinski definition) is 3. The van der Waals surface area contributed by atoms with E-state index in [9.17, 15) is 9.90 Å². The number of carbonyl (C=O) groups is 1. The van der Waals surface area contributed by atoms with Crippen molar-refractivity contribution in [2.24, 2.45) is 0 Å². The van der Waals surface area contributed by atoms with Gasteiger partial charge in [-0.25, -0.2) is 0 Å². The Morgan fingerprint density at radius 2 is 2.36 bits per heavy atom. The molecule has 0 aromatic carbocycles. The summed E-state index contributed by atoms with van der Waals surface area (Å²) in [4.78, 5) is 11.3. The number of rotatable bonds is 3. The van der Waals surface area contributed by atoms with Crippen molar-refractivity contribution < 1.29 is 14.6 Å². The molecule has 1 rings (SSSR count). The Hall–Kier alpha value is -0.650. The average molecular weight is 202 g/mol. The lowest BCUT2D eigenvalue weighted by atomic mass is 10.0. The second kappa shape index (κ2) is 5.29. The van der Waals surface area contributed by atoms with Gasteiger partial charge in [-0.15, -0.1) is 0 Å². The number of hydrogen-bond acceptors (Lipinski definition) is 4. The van der Waals surface area contributed by atoms with Crippen LogP contribution < -0.4 is 10.6 Å². The van der Waals surface area contributed by atoms with E-state index in [4.69, 9.17) is 4.74 Å². The van der Waals surface area contributed by atoms with E-state index in [1.165, 1.54) is 0 Å². The lowest BCUT2D eigenvalue weighted by Crippen LogP contribution is -2.51. The number of nitrogens with one attached hydrogen (secondary N) is 2. The van der Waals surface area contributed by atoms with E-state index in [1.807, 2.05) is 6.92 Å². The molecule has 0 aromatic rings. The first kappa shape index (κ1) is 11.4. The highest BCUT2D eigenvalue weighted by Crippen LogP contribution is 2.13. The zero-order valence-electron chi connectivity index (χ0n) is 8.62. The van der Waals surface area contributed by atoms with Crippen molar-refractivity contribution in [3.8, 4) is 0 Å². The van der Waals surface area contributed by atoms with Gasteiger partial charge in [0.15, 0.2) is 0 Å². The fourth-order valence-electron chi connectivity index (χ4n) is 1.53. The van der Waals surface area contributed by atoms with E-state index in [0.717, 1.165) is 0 Å². The molecule has 1 amide bonds. The van der Waals surface area contributed by atoms with E-state index in [0.29, 0.717) is 19.6 Å². The molecule has 5 nitrogen and oxygen atoms in total. The van der Waals surface area contributed by atoms with Crippen LogP contribution in [0.2, 0.25) is 0 Å². The van der Waals surface area contributed by atoms with Crippen molar-refractivity contribution in [1.82, 2.24) is 10.6 Å². The van der Waals surface area contributed by atoms with E-state index in [2.05, 4.69) is 10.6 Å². The molecule has 0 aromatic heterocycles. The first-order valence-corrected chi connectivity index (χ1v) is 4.87. The van der Waals surface area contributed by atoms with Gasteiger partial charge in [-0.1, -0.05) is 0 Å². The van der Waals surface area contributed by atoms with Crippen molar-refractivity contribution in [3.05, 3.63) is 0 Å². The molecule has 0 saturated carbocycles. The second-order valence-electron chi connectivity index (χ2n) is 3.63. The van der Waals surface area contributed by atoms with Crippen LogP contribution in [-0.2, 0) is 9.53 Å². The Labute approximate surface area is 83.8 Å². The standard InChI is InChI=1S/C9H18N2O3/c1-6-8(3-7(12)5-14-6)11-9(13)4-10-2/h6-8,10,12H,3-5H2,1-2H3,(H,11,13)/t6-,7+,8?/m0/s1. The summed E-state index contributed by atoms with van der Waals surface area (Å²) in [6.45, 7) is 2.55. The van der Waals surface area contributed by atoms with Crippen molar-refractivity contribution in [3.63, 3.8) is 0 Å². The van der Waals surface area contributed by atoms with E-state index in [1.54, 1.807) is 7.05 Å². The van der Waals surface area contributed by atoms with Crippen LogP contribution in [0.5, 0.6) is 0 Å². The molecule has 1 heterocycles. The molecule has 1 fully saturated rings. The molecule has 1 unspecified atom stereocenters. The molecule has 1 aliphatic heterocycles. The molecule has 14 heavy (non-hydrogen) atoms. The topological polar surface area (TPSA) is 70.6 Å². The SMILES string of the molecule is CNCC(=O)NC1C[C@@H](O)CO[C@H]1C. The summed E-state index contributed by atoms with van der Waals surface area (Å²) in [7, 11) is 1.72. The Balaban J connectivity index is 2.37. The summed E-state index contributed by atoms with van der Waals surface area (Å²) >= 11 is 0. The van der Waals surface area contributed by atoms with E-state index < -0.39 is 6.10 Å². The Kier molecular flexibility index (Phi) is 4.31. The van der Waals surface area contributed by atoms with Crippen LogP contribution in [0.25, 0.3) is 0 Å². The predicted octanol–water partition coefficient (Wildman–Crippen LogP) is -1.14. The normalized spacial score (nSPS) is 32.6. The number of aliphatic hydroxyl groups is 1. The lowest BCUT2D eigenvalue weighted by molar-refractivity contribution is -0.125. The van der Waals surface area contributed by atoms with Gasteiger partial charge in [-0.2, -0.15) is 0 Å². The van der Waals surface area contributed by atoms with Crippen molar-refractivity contribution >= 4 is 5.91 Å². The van der Waals surface area contributed by atoms with Gasteiger partial charge >= 0.3 is 0 Å². The van der Waals surface area contributed by atoms with Gasteiger partial charge in [0.2, 0.25) is 5.91 Å². The molecule has 0 bridgehead atoms. The Morgan fingerprint density at radius 3 is 3.00 bits per heavy atom. The molecular weight excluding hydrogens is 184 g/mol. The molecule has 82 valence electrons. The van der Waals surface area contributed by atoms with Crippen molar-refractivity contribution in [1.29, 1.82) is 0 Å². The fraction of sp³-hybridized carbons (Fsp3) is 0.889. The molecule has 0 radical (unpaired) electrons. The summed E-state index contributed by atoms with van der Waals surface area (Å²) in [6.07, 6.45) is 0.0710. The zero-order valence-corrected chi connectivity index (χ0v) is 8.62. The molecule has 1 saturated heterocycles. The van der Waals surface area contributed by atoms with Crippen molar-refractivity contribution in [2.45, 2.75) is 31.6 Å². The maximum atomic E-state index is 11.3. The average Bonchev–Trinajstić information content (AvgIpc) is 2.12. The Morgan fingerprint density at radius 1 is 1.64 bits per heavy atom. The smallest absolute Gasteiger partial charge is 0.234 e. The van der Waals surface area contributed by atoms with E-state index >= 15 is 0 Å². The van der Waals surface area contributed by atoms with Crippen LogP contribution in [0.1, 0.15) is 13.3 Å². The third kappa shape index (κ3) is 3.25. The minimum Gasteiger partial charge on any atom is -0.391 e. The fourth-order valence-corrected chi connectivity index (χ4v) is 1.53. The van der Waals surface area contributed by atoms with Crippen LogP contribution in [-0.4, -0.2) is 49.5 Å². The van der Waals surface area contributed by atoms with Gasteiger partial charge in [0.25, 0.3) is 0 Å². The summed E-state index contributed by atoms with van der Waals surface area (Å²) in [5.74, 6) is -0.0675. The number of carbonyl (C=O) groups excluding carboxylic acids is 1. The van der Waals surface area contributed by atoms with Crippen molar-refractivity contribution in [2.75, 3.05) is 20.2 Å². The highest BCUT2D eigenvalue weighted by molar-refractivity contribution is 5.78.